The molecule has 106 valence electrons. The second-order valence-electron chi connectivity index (χ2n) is 5.39. The summed E-state index contributed by atoms with van der Waals surface area (Å²) < 4.78 is 1.03. The Morgan fingerprint density at radius 2 is 1.70 bits per heavy atom. The lowest BCUT2D eigenvalue weighted by atomic mass is 10.0. The Hall–Kier alpha value is -0.990. The van der Waals surface area contributed by atoms with Gasteiger partial charge in [-0.3, -0.25) is 0 Å². The van der Waals surface area contributed by atoms with Gasteiger partial charge in [0.05, 0.1) is 5.69 Å². The number of halogens is 2. The maximum atomic E-state index is 6.01. The molecular weight excluding hydrogens is 334 g/mol. The van der Waals surface area contributed by atoms with Crippen LogP contribution in [-0.2, 0) is 13.0 Å². The molecule has 0 amide bonds. The standard InChI is InChI=1S/C17H19BrClN/c1-12(2)9-13-3-5-14(6-4-13)11-20-17-10-15(19)7-8-16(17)18/h3-8,10,12,20H,9,11H2,1-2H3. The third-order valence-corrected chi connectivity index (χ3v) is 4.00. The van der Waals surface area contributed by atoms with Gasteiger partial charge in [-0.1, -0.05) is 49.7 Å². The third kappa shape index (κ3) is 4.53. The zero-order valence-electron chi connectivity index (χ0n) is 11.8. The van der Waals surface area contributed by atoms with Gasteiger partial charge in [0, 0.05) is 16.0 Å². The van der Waals surface area contributed by atoms with Crippen molar-refractivity contribution in [1.29, 1.82) is 0 Å². The molecule has 0 saturated heterocycles. The summed E-state index contributed by atoms with van der Waals surface area (Å²) in [4.78, 5) is 0. The van der Waals surface area contributed by atoms with Crippen LogP contribution in [0, 0.1) is 5.92 Å². The van der Waals surface area contributed by atoms with E-state index in [1.165, 1.54) is 11.1 Å². The Bertz CT molecular complexity index is 564. The van der Waals surface area contributed by atoms with E-state index in [1.54, 1.807) is 0 Å². The van der Waals surface area contributed by atoms with Crippen molar-refractivity contribution < 1.29 is 0 Å². The van der Waals surface area contributed by atoms with Crippen molar-refractivity contribution in [1.82, 2.24) is 0 Å². The molecule has 0 bridgehead atoms. The lowest BCUT2D eigenvalue weighted by Gasteiger charge is -2.10. The minimum absolute atomic E-state index is 0.696. The predicted octanol–water partition coefficient (Wildman–Crippen LogP) is 5.91. The van der Waals surface area contributed by atoms with E-state index in [4.69, 9.17) is 11.6 Å². The van der Waals surface area contributed by atoms with E-state index in [9.17, 15) is 0 Å². The lowest BCUT2D eigenvalue weighted by molar-refractivity contribution is 0.647. The monoisotopic (exact) mass is 351 g/mol. The van der Waals surface area contributed by atoms with Crippen LogP contribution in [0.5, 0.6) is 0 Å². The van der Waals surface area contributed by atoms with Crippen molar-refractivity contribution in [3.05, 3.63) is 63.1 Å². The first kappa shape index (κ1) is 15.4. The van der Waals surface area contributed by atoms with Gasteiger partial charge in [0.15, 0.2) is 0 Å². The van der Waals surface area contributed by atoms with Crippen LogP contribution in [-0.4, -0.2) is 0 Å². The van der Waals surface area contributed by atoms with Gasteiger partial charge < -0.3 is 5.32 Å². The summed E-state index contributed by atoms with van der Waals surface area (Å²) in [5.41, 5.74) is 3.68. The van der Waals surface area contributed by atoms with Crippen LogP contribution in [0.25, 0.3) is 0 Å². The molecule has 1 nitrogen and oxygen atoms in total. The number of anilines is 1. The van der Waals surface area contributed by atoms with E-state index in [1.807, 2.05) is 18.2 Å². The number of benzene rings is 2. The van der Waals surface area contributed by atoms with E-state index < -0.39 is 0 Å². The topological polar surface area (TPSA) is 12.0 Å². The molecule has 2 aromatic rings. The molecule has 0 spiro atoms. The minimum Gasteiger partial charge on any atom is -0.380 e. The van der Waals surface area contributed by atoms with Crippen LogP contribution in [0.4, 0.5) is 5.69 Å². The molecule has 0 fully saturated rings. The largest absolute Gasteiger partial charge is 0.380 e. The number of nitrogens with one attached hydrogen (secondary N) is 1. The van der Waals surface area contributed by atoms with Crippen LogP contribution in [0.2, 0.25) is 5.02 Å². The Morgan fingerprint density at radius 3 is 2.35 bits per heavy atom. The van der Waals surface area contributed by atoms with Crippen LogP contribution in [0.3, 0.4) is 0 Å². The highest BCUT2D eigenvalue weighted by Crippen LogP contribution is 2.26. The fraction of sp³-hybridized carbons (Fsp3) is 0.294. The Morgan fingerprint density at radius 1 is 1.05 bits per heavy atom. The first-order chi connectivity index (χ1) is 9.54. The first-order valence-electron chi connectivity index (χ1n) is 6.81. The maximum Gasteiger partial charge on any atom is 0.0502 e. The molecule has 0 heterocycles. The first-order valence-corrected chi connectivity index (χ1v) is 7.98. The normalized spacial score (nSPS) is 10.8. The highest BCUT2D eigenvalue weighted by Gasteiger charge is 2.02. The predicted molar refractivity (Wildman–Crippen MR) is 91.5 cm³/mol. The van der Waals surface area contributed by atoms with Crippen molar-refractivity contribution in [3.63, 3.8) is 0 Å². The molecule has 0 saturated carbocycles. The number of hydrogen-bond donors (Lipinski definition) is 1. The molecule has 0 aliphatic rings. The molecule has 0 unspecified atom stereocenters. The van der Waals surface area contributed by atoms with Gasteiger partial charge in [0.25, 0.3) is 0 Å². The number of rotatable bonds is 5. The van der Waals surface area contributed by atoms with Crippen LogP contribution in [0.1, 0.15) is 25.0 Å². The summed E-state index contributed by atoms with van der Waals surface area (Å²) >= 11 is 9.53. The van der Waals surface area contributed by atoms with Gasteiger partial charge in [-0.2, -0.15) is 0 Å². The van der Waals surface area contributed by atoms with Crippen LogP contribution < -0.4 is 5.32 Å². The summed E-state index contributed by atoms with van der Waals surface area (Å²) in [6, 6.07) is 14.5. The smallest absolute Gasteiger partial charge is 0.0502 e. The van der Waals surface area contributed by atoms with Crippen LogP contribution >= 0.6 is 27.5 Å². The van der Waals surface area contributed by atoms with Gasteiger partial charge in [-0.15, -0.1) is 0 Å². The third-order valence-electron chi connectivity index (χ3n) is 3.08. The molecule has 20 heavy (non-hydrogen) atoms. The zero-order chi connectivity index (χ0) is 14.5. The van der Waals surface area contributed by atoms with Crippen molar-refractivity contribution in [2.45, 2.75) is 26.8 Å². The lowest BCUT2D eigenvalue weighted by Crippen LogP contribution is -2.01. The molecule has 2 rings (SSSR count). The van der Waals surface area contributed by atoms with E-state index >= 15 is 0 Å². The molecule has 2 aromatic carbocycles. The maximum absolute atomic E-state index is 6.01. The summed E-state index contributed by atoms with van der Waals surface area (Å²) in [6.45, 7) is 5.28. The molecule has 0 aliphatic carbocycles. The van der Waals surface area contributed by atoms with E-state index in [2.05, 4.69) is 59.4 Å². The van der Waals surface area contributed by atoms with Crippen molar-refractivity contribution in [2.75, 3.05) is 5.32 Å². The Kier molecular flexibility index (Phi) is 5.50. The highest BCUT2D eigenvalue weighted by molar-refractivity contribution is 9.10. The average molecular weight is 353 g/mol. The molecule has 3 heteroatoms. The fourth-order valence-corrected chi connectivity index (χ4v) is 2.65. The van der Waals surface area contributed by atoms with Gasteiger partial charge >= 0.3 is 0 Å². The fourth-order valence-electron chi connectivity index (χ4n) is 2.09. The minimum atomic E-state index is 0.696. The van der Waals surface area contributed by atoms with Crippen molar-refractivity contribution in [3.8, 4) is 0 Å². The average Bonchev–Trinajstić information content (AvgIpc) is 2.41. The SMILES string of the molecule is CC(C)Cc1ccc(CNc2cc(Cl)ccc2Br)cc1. The molecule has 0 atom stereocenters. The van der Waals surface area contributed by atoms with Crippen LogP contribution in [0.15, 0.2) is 46.9 Å². The zero-order valence-corrected chi connectivity index (χ0v) is 14.1. The second kappa shape index (κ2) is 7.14. The van der Waals surface area contributed by atoms with E-state index in [0.717, 1.165) is 28.1 Å². The summed E-state index contributed by atoms with van der Waals surface area (Å²) in [5, 5.41) is 4.14. The summed E-state index contributed by atoms with van der Waals surface area (Å²) in [5.74, 6) is 0.696. The molecule has 0 aliphatic heterocycles. The van der Waals surface area contributed by atoms with Crippen molar-refractivity contribution in [2.24, 2.45) is 5.92 Å². The highest BCUT2D eigenvalue weighted by atomic mass is 79.9. The van der Waals surface area contributed by atoms with Gasteiger partial charge in [-0.25, -0.2) is 0 Å². The van der Waals surface area contributed by atoms with Gasteiger partial charge in [-0.05, 0) is 57.6 Å². The second-order valence-corrected chi connectivity index (χ2v) is 6.68. The quantitative estimate of drug-likeness (QED) is 0.705. The number of hydrogen-bond acceptors (Lipinski definition) is 1. The van der Waals surface area contributed by atoms with E-state index in [-0.39, 0.29) is 0 Å². The van der Waals surface area contributed by atoms with E-state index in [0.29, 0.717) is 5.92 Å². The molecule has 1 N–H and O–H groups in total. The summed E-state index contributed by atoms with van der Waals surface area (Å²) in [7, 11) is 0. The Balaban J connectivity index is 1.98. The Labute approximate surface area is 134 Å². The molecular formula is C17H19BrClN. The van der Waals surface area contributed by atoms with Crippen molar-refractivity contribution >= 4 is 33.2 Å². The summed E-state index contributed by atoms with van der Waals surface area (Å²) in [6.07, 6.45) is 1.13. The molecule has 0 aromatic heterocycles. The van der Waals surface area contributed by atoms with Gasteiger partial charge in [0.2, 0.25) is 0 Å². The van der Waals surface area contributed by atoms with Gasteiger partial charge in [0.1, 0.15) is 0 Å². The molecule has 0 radical (unpaired) electrons.